The van der Waals surface area contributed by atoms with Crippen LogP contribution in [0.15, 0.2) is 53.3 Å². The Morgan fingerprint density at radius 3 is 2.35 bits per heavy atom. The van der Waals surface area contributed by atoms with Crippen LogP contribution in [-0.4, -0.2) is 11.1 Å². The van der Waals surface area contributed by atoms with Crippen LogP contribution in [0.2, 0.25) is 0 Å². The summed E-state index contributed by atoms with van der Waals surface area (Å²) in [7, 11) is 0. The zero-order valence-electron chi connectivity index (χ0n) is 10.5. The van der Waals surface area contributed by atoms with Crippen molar-refractivity contribution in [3.05, 3.63) is 64.6 Å². The second kappa shape index (κ2) is 5.81. The number of hydrogen-bond donors (Lipinski definition) is 1. The van der Waals surface area contributed by atoms with Crippen LogP contribution in [0.4, 0.5) is 18.9 Å². The number of para-hydroxylation sites is 1. The highest BCUT2D eigenvalue weighted by Crippen LogP contribution is 2.27. The third kappa shape index (κ3) is 3.40. The van der Waals surface area contributed by atoms with Gasteiger partial charge in [0.2, 0.25) is 0 Å². The number of nitrogens with one attached hydrogen (secondary N) is 1. The van der Waals surface area contributed by atoms with E-state index in [0.717, 1.165) is 28.5 Å². The van der Waals surface area contributed by atoms with E-state index in [2.05, 4.69) is 5.32 Å². The molecule has 0 saturated carbocycles. The van der Waals surface area contributed by atoms with E-state index in [-0.39, 0.29) is 13.1 Å². The first-order chi connectivity index (χ1) is 9.48. The Morgan fingerprint density at radius 2 is 1.70 bits per heavy atom. The molecule has 2 rings (SSSR count). The van der Waals surface area contributed by atoms with Crippen LogP contribution in [0.1, 0.15) is 5.69 Å². The molecule has 1 aromatic heterocycles. The molecule has 0 aliphatic heterocycles. The average Bonchev–Trinajstić information content (AvgIpc) is 2.40. The monoisotopic (exact) mass is 282 g/mol. The fraction of sp³-hybridized carbons (Fsp3) is 0.214. The summed E-state index contributed by atoms with van der Waals surface area (Å²) in [5.74, 6) is 0. The lowest BCUT2D eigenvalue weighted by Gasteiger charge is -2.15. The fourth-order valence-electron chi connectivity index (χ4n) is 1.87. The Hall–Kier alpha value is -2.24. The molecule has 0 fully saturated rings. The van der Waals surface area contributed by atoms with Gasteiger partial charge in [-0.1, -0.05) is 24.3 Å². The van der Waals surface area contributed by atoms with Crippen molar-refractivity contribution in [2.24, 2.45) is 0 Å². The molecule has 6 heteroatoms. The number of pyridine rings is 1. The fourth-order valence-corrected chi connectivity index (χ4v) is 1.87. The molecule has 0 radical (unpaired) electrons. The molecule has 0 atom stereocenters. The van der Waals surface area contributed by atoms with Gasteiger partial charge in [0.1, 0.15) is 5.69 Å². The van der Waals surface area contributed by atoms with Crippen LogP contribution in [0.5, 0.6) is 0 Å². The van der Waals surface area contributed by atoms with Gasteiger partial charge in [-0.25, -0.2) is 0 Å². The summed E-state index contributed by atoms with van der Waals surface area (Å²) in [6.07, 6.45) is -4.53. The van der Waals surface area contributed by atoms with Gasteiger partial charge in [0.25, 0.3) is 5.56 Å². The van der Waals surface area contributed by atoms with E-state index in [1.807, 2.05) is 18.2 Å². The zero-order chi connectivity index (χ0) is 14.6. The molecule has 2 aromatic rings. The minimum atomic E-state index is -4.53. The molecule has 1 heterocycles. The lowest BCUT2D eigenvalue weighted by atomic mass is 10.3. The highest BCUT2D eigenvalue weighted by atomic mass is 19.4. The zero-order valence-corrected chi connectivity index (χ0v) is 10.5. The van der Waals surface area contributed by atoms with E-state index in [0.29, 0.717) is 0 Å². The van der Waals surface area contributed by atoms with E-state index in [1.54, 1.807) is 12.1 Å². The molecule has 0 spiro atoms. The SMILES string of the molecule is O=c1cccc(C(F)(F)F)n1CCNc1ccccc1. The molecule has 1 N–H and O–H groups in total. The minimum Gasteiger partial charge on any atom is -0.383 e. The molecule has 0 aliphatic rings. The standard InChI is InChI=1S/C14H13F3N2O/c15-14(16,17)12-7-4-8-13(20)19(12)10-9-18-11-5-2-1-3-6-11/h1-8,18H,9-10H2. The Bertz CT molecular complexity index is 620. The second-order valence-electron chi connectivity index (χ2n) is 4.19. The topological polar surface area (TPSA) is 34.0 Å². The number of aromatic nitrogens is 1. The summed E-state index contributed by atoms with van der Waals surface area (Å²) < 4.78 is 39.1. The predicted octanol–water partition coefficient (Wildman–Crippen LogP) is 2.98. The Kier molecular flexibility index (Phi) is 4.12. The summed E-state index contributed by atoms with van der Waals surface area (Å²) >= 11 is 0. The smallest absolute Gasteiger partial charge is 0.383 e. The normalized spacial score (nSPS) is 11.3. The molecular weight excluding hydrogens is 269 g/mol. The second-order valence-corrected chi connectivity index (χ2v) is 4.19. The Labute approximate surface area is 113 Å². The minimum absolute atomic E-state index is 0.0522. The van der Waals surface area contributed by atoms with Gasteiger partial charge in [-0.15, -0.1) is 0 Å². The molecule has 106 valence electrons. The van der Waals surface area contributed by atoms with E-state index < -0.39 is 17.4 Å². The van der Waals surface area contributed by atoms with E-state index in [9.17, 15) is 18.0 Å². The summed E-state index contributed by atoms with van der Waals surface area (Å²) in [6.45, 7) is 0.181. The number of hydrogen-bond acceptors (Lipinski definition) is 2. The van der Waals surface area contributed by atoms with Gasteiger partial charge in [-0.2, -0.15) is 13.2 Å². The van der Waals surface area contributed by atoms with E-state index in [4.69, 9.17) is 0 Å². The van der Waals surface area contributed by atoms with Crippen molar-refractivity contribution >= 4 is 5.69 Å². The van der Waals surface area contributed by atoms with Crippen molar-refractivity contribution in [2.75, 3.05) is 11.9 Å². The van der Waals surface area contributed by atoms with Gasteiger partial charge in [-0.3, -0.25) is 4.79 Å². The molecule has 20 heavy (non-hydrogen) atoms. The van der Waals surface area contributed by atoms with Gasteiger partial charge in [-0.05, 0) is 18.2 Å². The van der Waals surface area contributed by atoms with E-state index >= 15 is 0 Å². The number of halogens is 3. The maximum absolute atomic E-state index is 12.8. The number of alkyl halides is 3. The highest BCUT2D eigenvalue weighted by molar-refractivity contribution is 5.42. The summed E-state index contributed by atoms with van der Waals surface area (Å²) in [5, 5.41) is 2.97. The maximum atomic E-state index is 12.8. The predicted molar refractivity (Wildman–Crippen MR) is 70.6 cm³/mol. The molecular formula is C14H13F3N2O. The lowest BCUT2D eigenvalue weighted by Crippen LogP contribution is -2.29. The third-order valence-electron chi connectivity index (χ3n) is 2.78. The van der Waals surface area contributed by atoms with Crippen molar-refractivity contribution in [2.45, 2.75) is 12.7 Å². The molecule has 0 aliphatic carbocycles. The molecule has 3 nitrogen and oxygen atoms in total. The molecule has 1 aromatic carbocycles. The third-order valence-corrected chi connectivity index (χ3v) is 2.78. The largest absolute Gasteiger partial charge is 0.431 e. The van der Waals surface area contributed by atoms with Crippen molar-refractivity contribution in [1.82, 2.24) is 4.57 Å². The number of rotatable bonds is 4. The van der Waals surface area contributed by atoms with Crippen LogP contribution in [0.25, 0.3) is 0 Å². The van der Waals surface area contributed by atoms with Crippen LogP contribution >= 0.6 is 0 Å². The van der Waals surface area contributed by atoms with Gasteiger partial charge < -0.3 is 9.88 Å². The molecule has 0 bridgehead atoms. The Balaban J connectivity index is 2.12. The molecule has 0 amide bonds. The first-order valence-electron chi connectivity index (χ1n) is 6.04. The van der Waals surface area contributed by atoms with Gasteiger partial charge in [0.15, 0.2) is 0 Å². The number of anilines is 1. The van der Waals surface area contributed by atoms with Gasteiger partial charge in [0.05, 0.1) is 0 Å². The summed E-state index contributed by atoms with van der Waals surface area (Å²) in [5.41, 5.74) is -0.792. The van der Waals surface area contributed by atoms with Gasteiger partial charge >= 0.3 is 6.18 Å². The van der Waals surface area contributed by atoms with Crippen molar-refractivity contribution in [3.8, 4) is 0 Å². The average molecular weight is 282 g/mol. The van der Waals surface area contributed by atoms with Crippen molar-refractivity contribution < 1.29 is 13.2 Å². The van der Waals surface area contributed by atoms with Crippen LogP contribution < -0.4 is 10.9 Å². The van der Waals surface area contributed by atoms with E-state index in [1.165, 1.54) is 0 Å². The van der Waals surface area contributed by atoms with Crippen LogP contribution in [0.3, 0.4) is 0 Å². The maximum Gasteiger partial charge on any atom is 0.431 e. The first kappa shape index (κ1) is 14.2. The van der Waals surface area contributed by atoms with Crippen molar-refractivity contribution in [3.63, 3.8) is 0 Å². The first-order valence-corrected chi connectivity index (χ1v) is 6.04. The Morgan fingerprint density at radius 1 is 1.00 bits per heavy atom. The lowest BCUT2D eigenvalue weighted by molar-refractivity contribution is -0.144. The highest BCUT2D eigenvalue weighted by Gasteiger charge is 2.33. The number of benzene rings is 1. The molecule has 0 saturated heterocycles. The number of nitrogens with zero attached hydrogens (tertiary/aromatic N) is 1. The van der Waals surface area contributed by atoms with Gasteiger partial charge in [0, 0.05) is 24.8 Å². The van der Waals surface area contributed by atoms with Crippen LogP contribution in [-0.2, 0) is 12.7 Å². The summed E-state index contributed by atoms with van der Waals surface area (Å²) in [4.78, 5) is 11.6. The summed E-state index contributed by atoms with van der Waals surface area (Å²) in [6, 6.07) is 12.2. The quantitative estimate of drug-likeness (QED) is 0.935. The van der Waals surface area contributed by atoms with Crippen LogP contribution in [0, 0.1) is 0 Å². The molecule has 0 unspecified atom stereocenters. The van der Waals surface area contributed by atoms with Crippen molar-refractivity contribution in [1.29, 1.82) is 0 Å².